The summed E-state index contributed by atoms with van der Waals surface area (Å²) >= 11 is 3.32. The van der Waals surface area contributed by atoms with Gasteiger partial charge in [0, 0.05) is 22.4 Å². The van der Waals surface area contributed by atoms with Gasteiger partial charge in [0.2, 0.25) is 0 Å². The fourth-order valence-electron chi connectivity index (χ4n) is 1.49. The van der Waals surface area contributed by atoms with Gasteiger partial charge in [0.05, 0.1) is 5.71 Å². The van der Waals surface area contributed by atoms with Crippen molar-refractivity contribution in [1.29, 1.82) is 0 Å². The van der Waals surface area contributed by atoms with Crippen molar-refractivity contribution in [3.8, 4) is 5.75 Å². The highest BCUT2D eigenvalue weighted by Gasteiger charge is 2.05. The van der Waals surface area contributed by atoms with Crippen LogP contribution in [0.5, 0.6) is 5.75 Å². The number of halogens is 1. The second-order valence-electron chi connectivity index (χ2n) is 4.12. The molecule has 0 aliphatic heterocycles. The van der Waals surface area contributed by atoms with E-state index in [1.807, 2.05) is 12.1 Å². The summed E-state index contributed by atoms with van der Waals surface area (Å²) < 4.78 is 6.18. The molecule has 2 aromatic rings. The zero-order chi connectivity index (χ0) is 15.1. The van der Waals surface area contributed by atoms with Crippen LogP contribution in [0.1, 0.15) is 12.5 Å². The third kappa shape index (κ3) is 5.00. The molecule has 0 atom stereocenters. The van der Waals surface area contributed by atoms with Crippen LogP contribution in [0.15, 0.2) is 58.4 Å². The summed E-state index contributed by atoms with van der Waals surface area (Å²) in [5.41, 5.74) is 1.43. The number of carbonyl (C=O) groups is 1. The van der Waals surface area contributed by atoms with Gasteiger partial charge in [-0.15, -0.1) is 0 Å². The maximum atomic E-state index is 11.6. The van der Waals surface area contributed by atoms with Crippen LogP contribution in [0.3, 0.4) is 0 Å². The molecular formula is C15H13BrN2O3. The van der Waals surface area contributed by atoms with E-state index in [1.165, 1.54) is 0 Å². The van der Waals surface area contributed by atoms with E-state index in [2.05, 4.69) is 26.1 Å². The molecule has 0 saturated carbocycles. The number of hydrogen-bond donors (Lipinski definition) is 0. The molecule has 0 aliphatic carbocycles. The second-order valence-corrected chi connectivity index (χ2v) is 5.04. The highest BCUT2D eigenvalue weighted by Crippen LogP contribution is 2.17. The van der Waals surface area contributed by atoms with Gasteiger partial charge in [0.1, 0.15) is 5.75 Å². The highest BCUT2D eigenvalue weighted by atomic mass is 79.9. The summed E-state index contributed by atoms with van der Waals surface area (Å²) in [6.45, 7) is 1.54. The van der Waals surface area contributed by atoms with Crippen LogP contribution in [0, 0.1) is 0 Å². The molecule has 0 fully saturated rings. The molecule has 5 nitrogen and oxygen atoms in total. The van der Waals surface area contributed by atoms with Gasteiger partial charge in [0.25, 0.3) is 0 Å². The maximum absolute atomic E-state index is 11.6. The molecule has 108 valence electrons. The molecule has 1 heterocycles. The van der Waals surface area contributed by atoms with E-state index in [0.717, 1.165) is 10.0 Å². The lowest BCUT2D eigenvalue weighted by atomic mass is 10.2. The van der Waals surface area contributed by atoms with Crippen molar-refractivity contribution in [2.45, 2.75) is 6.92 Å². The molecule has 1 aromatic heterocycles. The maximum Gasteiger partial charge on any atom is 0.372 e. The molecule has 0 unspecified atom stereocenters. The summed E-state index contributed by atoms with van der Waals surface area (Å²) in [6.07, 6.45) is 3.29. The number of carbonyl (C=O) groups excluding carboxylic acids is 1. The Bertz CT molecular complexity index is 644. The van der Waals surface area contributed by atoms with E-state index < -0.39 is 5.97 Å². The highest BCUT2D eigenvalue weighted by molar-refractivity contribution is 9.10. The van der Waals surface area contributed by atoms with E-state index in [4.69, 9.17) is 9.57 Å². The first-order chi connectivity index (χ1) is 10.1. The van der Waals surface area contributed by atoms with Gasteiger partial charge >= 0.3 is 5.97 Å². The minimum Gasteiger partial charge on any atom is -0.482 e. The molecule has 0 N–H and O–H groups in total. The average Bonchev–Trinajstić information content (AvgIpc) is 2.51. The molecule has 21 heavy (non-hydrogen) atoms. The van der Waals surface area contributed by atoms with Gasteiger partial charge in [0.15, 0.2) is 6.61 Å². The smallest absolute Gasteiger partial charge is 0.372 e. The third-order valence-electron chi connectivity index (χ3n) is 2.54. The van der Waals surface area contributed by atoms with Crippen molar-refractivity contribution >= 4 is 27.6 Å². The van der Waals surface area contributed by atoms with Crippen molar-refractivity contribution in [3.05, 3.63) is 58.8 Å². The minimum absolute atomic E-state index is 0.205. The molecule has 0 aliphatic rings. The zero-order valence-electron chi connectivity index (χ0n) is 11.3. The van der Waals surface area contributed by atoms with Crippen LogP contribution >= 0.6 is 15.9 Å². The Labute approximate surface area is 130 Å². The van der Waals surface area contributed by atoms with Crippen LogP contribution < -0.4 is 4.74 Å². The molecule has 1 aromatic carbocycles. The number of pyridine rings is 1. The lowest BCUT2D eigenvalue weighted by molar-refractivity contribution is -0.146. The van der Waals surface area contributed by atoms with E-state index in [1.54, 1.807) is 43.6 Å². The van der Waals surface area contributed by atoms with E-state index >= 15 is 0 Å². The van der Waals surface area contributed by atoms with Gasteiger partial charge in [-0.2, -0.15) is 0 Å². The van der Waals surface area contributed by atoms with Gasteiger partial charge in [-0.05, 0) is 37.3 Å². The lowest BCUT2D eigenvalue weighted by Crippen LogP contribution is -2.13. The van der Waals surface area contributed by atoms with E-state index in [9.17, 15) is 4.79 Å². The molecule has 2 rings (SSSR count). The van der Waals surface area contributed by atoms with E-state index in [-0.39, 0.29) is 6.61 Å². The third-order valence-corrected chi connectivity index (χ3v) is 3.03. The van der Waals surface area contributed by atoms with Gasteiger partial charge in [-0.1, -0.05) is 27.2 Å². The number of ether oxygens (including phenoxy) is 1. The van der Waals surface area contributed by atoms with Crippen LogP contribution in [-0.4, -0.2) is 23.3 Å². The minimum atomic E-state index is -0.566. The SMILES string of the molecule is CC(=NOC(=O)COc1cccc(Br)c1)c1ccncc1. The zero-order valence-corrected chi connectivity index (χ0v) is 12.9. The molecule has 0 radical (unpaired) electrons. The Kier molecular flexibility index (Phi) is 5.45. The average molecular weight is 349 g/mol. The van der Waals surface area contributed by atoms with Crippen LogP contribution in [-0.2, 0) is 9.63 Å². The standard InChI is InChI=1S/C15H13BrN2O3/c1-11(12-5-7-17-8-6-12)18-21-15(19)10-20-14-4-2-3-13(16)9-14/h2-9H,10H2,1H3. The van der Waals surface area contributed by atoms with Crippen molar-refractivity contribution in [2.24, 2.45) is 5.16 Å². The number of oxime groups is 1. The summed E-state index contributed by atoms with van der Waals surface area (Å²) in [5.74, 6) is 0.0135. The monoisotopic (exact) mass is 348 g/mol. The number of rotatable bonds is 5. The summed E-state index contributed by atoms with van der Waals surface area (Å²) in [5, 5.41) is 3.77. The quantitative estimate of drug-likeness (QED) is 0.473. The molecule has 0 amide bonds. The predicted octanol–water partition coefficient (Wildman–Crippen LogP) is 3.19. The topological polar surface area (TPSA) is 60.8 Å². The fraction of sp³-hybridized carbons (Fsp3) is 0.133. The first-order valence-corrected chi connectivity index (χ1v) is 6.97. The Morgan fingerprint density at radius 3 is 2.76 bits per heavy atom. The largest absolute Gasteiger partial charge is 0.482 e. The first kappa shape index (κ1) is 15.2. The lowest BCUT2D eigenvalue weighted by Gasteiger charge is -2.04. The predicted molar refractivity (Wildman–Crippen MR) is 82.2 cm³/mol. The summed E-state index contributed by atoms with van der Waals surface area (Å²) in [6, 6.07) is 10.8. The molecule has 0 saturated heterocycles. The first-order valence-electron chi connectivity index (χ1n) is 6.18. The Morgan fingerprint density at radius 2 is 2.05 bits per heavy atom. The normalized spacial score (nSPS) is 11.0. The van der Waals surface area contributed by atoms with Crippen LogP contribution in [0.25, 0.3) is 0 Å². The van der Waals surface area contributed by atoms with Crippen molar-refractivity contribution in [1.82, 2.24) is 4.98 Å². The van der Waals surface area contributed by atoms with Crippen molar-refractivity contribution in [2.75, 3.05) is 6.61 Å². The number of benzene rings is 1. The van der Waals surface area contributed by atoms with Crippen LogP contribution in [0.2, 0.25) is 0 Å². The summed E-state index contributed by atoms with van der Waals surface area (Å²) in [4.78, 5) is 20.3. The molecule has 0 bridgehead atoms. The number of aromatic nitrogens is 1. The van der Waals surface area contributed by atoms with Gasteiger partial charge in [-0.3, -0.25) is 4.98 Å². The number of nitrogens with zero attached hydrogens (tertiary/aromatic N) is 2. The van der Waals surface area contributed by atoms with Crippen molar-refractivity contribution < 1.29 is 14.4 Å². The Balaban J connectivity index is 1.85. The fourth-order valence-corrected chi connectivity index (χ4v) is 1.87. The summed E-state index contributed by atoms with van der Waals surface area (Å²) in [7, 11) is 0. The van der Waals surface area contributed by atoms with Gasteiger partial charge in [-0.25, -0.2) is 4.79 Å². The molecule has 6 heteroatoms. The molecular weight excluding hydrogens is 336 g/mol. The van der Waals surface area contributed by atoms with Crippen molar-refractivity contribution in [3.63, 3.8) is 0 Å². The van der Waals surface area contributed by atoms with Crippen LogP contribution in [0.4, 0.5) is 0 Å². The second kappa shape index (κ2) is 7.54. The Morgan fingerprint density at radius 1 is 1.29 bits per heavy atom. The van der Waals surface area contributed by atoms with E-state index in [0.29, 0.717) is 11.5 Å². The number of hydrogen-bond acceptors (Lipinski definition) is 5. The molecule has 0 spiro atoms. The Hall–Kier alpha value is -2.21. The van der Waals surface area contributed by atoms with Gasteiger partial charge < -0.3 is 9.57 Å².